The van der Waals surface area contributed by atoms with Gasteiger partial charge in [0.15, 0.2) is 0 Å². The van der Waals surface area contributed by atoms with E-state index >= 15 is 0 Å². The van der Waals surface area contributed by atoms with Gasteiger partial charge >= 0.3 is 0 Å². The van der Waals surface area contributed by atoms with E-state index in [1.54, 1.807) is 17.2 Å². The highest BCUT2D eigenvalue weighted by Crippen LogP contribution is 2.20. The maximum absolute atomic E-state index is 12.3. The zero-order valence-corrected chi connectivity index (χ0v) is 10.6. The van der Waals surface area contributed by atoms with Gasteiger partial charge in [0.1, 0.15) is 5.03 Å². The van der Waals surface area contributed by atoms with Crippen LogP contribution in [-0.4, -0.2) is 46.3 Å². The SMILES string of the molecule is CSc1ncccc1C(=O)N1CCC(O)CC1. The Hall–Kier alpha value is -1.07. The van der Waals surface area contributed by atoms with Gasteiger partial charge in [0.25, 0.3) is 5.91 Å². The summed E-state index contributed by atoms with van der Waals surface area (Å²) in [6, 6.07) is 3.60. The van der Waals surface area contributed by atoms with Gasteiger partial charge in [-0.15, -0.1) is 11.8 Å². The summed E-state index contributed by atoms with van der Waals surface area (Å²) in [7, 11) is 0. The minimum absolute atomic E-state index is 0.0225. The molecule has 2 heterocycles. The van der Waals surface area contributed by atoms with Crippen LogP contribution < -0.4 is 0 Å². The van der Waals surface area contributed by atoms with Crippen molar-refractivity contribution in [1.29, 1.82) is 0 Å². The van der Waals surface area contributed by atoms with E-state index in [-0.39, 0.29) is 12.0 Å². The molecule has 0 radical (unpaired) electrons. The maximum atomic E-state index is 12.3. The average Bonchev–Trinajstić information content (AvgIpc) is 2.39. The highest BCUT2D eigenvalue weighted by Gasteiger charge is 2.23. The second kappa shape index (κ2) is 5.51. The van der Waals surface area contributed by atoms with Gasteiger partial charge in [0.2, 0.25) is 0 Å². The summed E-state index contributed by atoms with van der Waals surface area (Å²) in [6.07, 6.45) is 4.69. The molecule has 1 aliphatic rings. The fraction of sp³-hybridized carbons (Fsp3) is 0.500. The number of pyridine rings is 1. The van der Waals surface area contributed by atoms with Crippen LogP contribution in [0.4, 0.5) is 0 Å². The van der Waals surface area contributed by atoms with E-state index in [0.717, 1.165) is 5.03 Å². The Morgan fingerprint density at radius 1 is 1.53 bits per heavy atom. The predicted molar refractivity (Wildman–Crippen MR) is 67.2 cm³/mol. The first-order chi connectivity index (χ1) is 8.22. The molecule has 1 aliphatic heterocycles. The molecule has 0 aliphatic carbocycles. The molecule has 1 saturated heterocycles. The van der Waals surface area contributed by atoms with Crippen LogP contribution >= 0.6 is 11.8 Å². The fourth-order valence-electron chi connectivity index (χ4n) is 1.96. The number of nitrogens with zero attached hydrogens (tertiary/aromatic N) is 2. The number of aromatic nitrogens is 1. The van der Waals surface area contributed by atoms with Crippen molar-refractivity contribution in [2.75, 3.05) is 19.3 Å². The molecule has 1 amide bonds. The third-order valence-corrected chi connectivity index (χ3v) is 3.66. The zero-order valence-electron chi connectivity index (χ0n) is 9.80. The lowest BCUT2D eigenvalue weighted by Crippen LogP contribution is -2.40. The number of hydrogen-bond donors (Lipinski definition) is 1. The van der Waals surface area contributed by atoms with Gasteiger partial charge in [-0.25, -0.2) is 4.98 Å². The molecule has 1 fully saturated rings. The number of amides is 1. The monoisotopic (exact) mass is 252 g/mol. The van der Waals surface area contributed by atoms with Crippen molar-refractivity contribution in [3.8, 4) is 0 Å². The third kappa shape index (κ3) is 2.79. The maximum Gasteiger partial charge on any atom is 0.256 e. The molecule has 1 aromatic heterocycles. The molecule has 5 heteroatoms. The molecule has 0 saturated carbocycles. The molecule has 0 atom stereocenters. The average molecular weight is 252 g/mol. The number of aliphatic hydroxyl groups is 1. The standard InChI is InChI=1S/C12H16N2O2S/c1-17-11-10(3-2-6-13-11)12(16)14-7-4-9(15)5-8-14/h2-3,6,9,15H,4-5,7-8H2,1H3. The van der Waals surface area contributed by atoms with Crippen molar-refractivity contribution >= 4 is 17.7 Å². The van der Waals surface area contributed by atoms with Crippen molar-refractivity contribution in [3.63, 3.8) is 0 Å². The van der Waals surface area contributed by atoms with Crippen LogP contribution in [0.15, 0.2) is 23.4 Å². The van der Waals surface area contributed by atoms with Gasteiger partial charge in [0, 0.05) is 19.3 Å². The molecule has 2 rings (SSSR count). The van der Waals surface area contributed by atoms with Gasteiger partial charge in [-0.2, -0.15) is 0 Å². The van der Waals surface area contributed by atoms with Crippen molar-refractivity contribution < 1.29 is 9.90 Å². The Morgan fingerprint density at radius 3 is 2.88 bits per heavy atom. The van der Waals surface area contributed by atoms with Crippen LogP contribution in [-0.2, 0) is 0 Å². The molecule has 92 valence electrons. The molecular weight excluding hydrogens is 236 g/mol. The van der Waals surface area contributed by atoms with Crippen molar-refractivity contribution in [2.24, 2.45) is 0 Å². The Kier molecular flexibility index (Phi) is 4.02. The van der Waals surface area contributed by atoms with Crippen molar-refractivity contribution in [1.82, 2.24) is 9.88 Å². The first-order valence-electron chi connectivity index (χ1n) is 5.68. The Labute approximate surface area is 105 Å². The molecule has 0 spiro atoms. The molecule has 1 aromatic rings. The number of rotatable bonds is 2. The van der Waals surface area contributed by atoms with Gasteiger partial charge in [0.05, 0.1) is 11.7 Å². The Balaban J connectivity index is 2.14. The predicted octanol–water partition coefficient (Wildman–Crippen LogP) is 1.40. The molecule has 4 nitrogen and oxygen atoms in total. The Bertz CT molecular complexity index is 403. The van der Waals surface area contributed by atoms with E-state index < -0.39 is 0 Å². The summed E-state index contributed by atoms with van der Waals surface area (Å²) in [4.78, 5) is 18.3. The van der Waals surface area contributed by atoms with Crippen LogP contribution in [0.5, 0.6) is 0 Å². The highest BCUT2D eigenvalue weighted by atomic mass is 32.2. The molecule has 1 N–H and O–H groups in total. The van der Waals surface area contributed by atoms with Gasteiger partial charge in [-0.05, 0) is 31.2 Å². The van der Waals surface area contributed by atoms with Crippen molar-refractivity contribution in [3.05, 3.63) is 23.9 Å². The van der Waals surface area contributed by atoms with E-state index in [9.17, 15) is 9.90 Å². The second-order valence-corrected chi connectivity index (χ2v) is 4.88. The molecule has 0 bridgehead atoms. The minimum Gasteiger partial charge on any atom is -0.393 e. The normalized spacial score (nSPS) is 17.2. The second-order valence-electron chi connectivity index (χ2n) is 4.08. The zero-order chi connectivity index (χ0) is 12.3. The van der Waals surface area contributed by atoms with E-state index in [1.807, 2.05) is 12.3 Å². The number of aliphatic hydroxyl groups excluding tert-OH is 1. The summed E-state index contributed by atoms with van der Waals surface area (Å²) in [5.41, 5.74) is 0.663. The van der Waals surface area contributed by atoms with Crippen molar-refractivity contribution in [2.45, 2.75) is 24.0 Å². The van der Waals surface area contributed by atoms with Gasteiger partial charge in [-0.1, -0.05) is 0 Å². The van der Waals surface area contributed by atoms with Gasteiger partial charge in [-0.3, -0.25) is 4.79 Å². The summed E-state index contributed by atoms with van der Waals surface area (Å²) >= 11 is 1.48. The lowest BCUT2D eigenvalue weighted by molar-refractivity contribution is 0.0543. The molecule has 17 heavy (non-hydrogen) atoms. The number of likely N-dealkylation sites (tertiary alicyclic amines) is 1. The van der Waals surface area contributed by atoms with E-state index in [1.165, 1.54) is 11.8 Å². The van der Waals surface area contributed by atoms with Crippen LogP contribution in [0.25, 0.3) is 0 Å². The lowest BCUT2D eigenvalue weighted by atomic mass is 10.1. The lowest BCUT2D eigenvalue weighted by Gasteiger charge is -2.29. The number of carbonyl (C=O) groups excluding carboxylic acids is 1. The smallest absolute Gasteiger partial charge is 0.256 e. The molecular formula is C12H16N2O2S. The first kappa shape index (κ1) is 12.4. The van der Waals surface area contributed by atoms with Crippen LogP contribution in [0.3, 0.4) is 0 Å². The third-order valence-electron chi connectivity index (χ3n) is 2.95. The van der Waals surface area contributed by atoms with E-state index in [2.05, 4.69) is 4.98 Å². The Morgan fingerprint density at radius 2 is 2.24 bits per heavy atom. The number of hydrogen-bond acceptors (Lipinski definition) is 4. The quantitative estimate of drug-likeness (QED) is 0.808. The summed E-state index contributed by atoms with van der Waals surface area (Å²) in [5, 5.41) is 10.2. The number of carbonyl (C=O) groups is 1. The van der Waals surface area contributed by atoms with Crippen LogP contribution in [0.2, 0.25) is 0 Å². The van der Waals surface area contributed by atoms with Gasteiger partial charge < -0.3 is 10.0 Å². The topological polar surface area (TPSA) is 53.4 Å². The van der Waals surface area contributed by atoms with E-state index in [0.29, 0.717) is 31.5 Å². The van der Waals surface area contributed by atoms with Crippen LogP contribution in [0, 0.1) is 0 Å². The molecule has 0 unspecified atom stereocenters. The molecule has 0 aromatic carbocycles. The summed E-state index contributed by atoms with van der Waals surface area (Å²) in [5.74, 6) is 0.0225. The largest absolute Gasteiger partial charge is 0.393 e. The number of thioether (sulfide) groups is 1. The minimum atomic E-state index is -0.257. The fourth-order valence-corrected chi connectivity index (χ4v) is 2.50. The highest BCUT2D eigenvalue weighted by molar-refractivity contribution is 7.98. The van der Waals surface area contributed by atoms with Crippen LogP contribution in [0.1, 0.15) is 23.2 Å². The van der Waals surface area contributed by atoms with E-state index in [4.69, 9.17) is 0 Å². The summed E-state index contributed by atoms with van der Waals surface area (Å²) < 4.78 is 0. The first-order valence-corrected chi connectivity index (χ1v) is 6.91. The summed E-state index contributed by atoms with van der Waals surface area (Å²) in [6.45, 7) is 1.26. The number of piperidine rings is 1.